The number of ether oxygens (including phenoxy) is 1. The summed E-state index contributed by atoms with van der Waals surface area (Å²) in [6.45, 7) is 8.42. The third kappa shape index (κ3) is 8.24. The first-order chi connectivity index (χ1) is 18.0. The minimum Gasteiger partial charge on any atom is -0.461 e. The molecule has 3 rings (SSSR count). The summed E-state index contributed by atoms with van der Waals surface area (Å²) < 4.78 is 11.2. The van der Waals surface area contributed by atoms with Gasteiger partial charge in [-0.3, -0.25) is 19.2 Å². The summed E-state index contributed by atoms with van der Waals surface area (Å²) in [6.07, 6.45) is 8.13. The average molecular weight is 528 g/mol. The van der Waals surface area contributed by atoms with Crippen LogP contribution in [0.15, 0.2) is 46.6 Å². The largest absolute Gasteiger partial charge is 0.461 e. The first kappa shape index (κ1) is 29.0. The fraction of sp³-hybridized carbons (Fsp3) is 0.536. The van der Waals surface area contributed by atoms with E-state index in [4.69, 9.17) is 9.15 Å². The zero-order chi connectivity index (χ0) is 27.8. The lowest BCUT2D eigenvalue weighted by Gasteiger charge is -2.27. The van der Waals surface area contributed by atoms with Crippen LogP contribution >= 0.6 is 0 Å². The minimum atomic E-state index is -0.997. The fourth-order valence-electron chi connectivity index (χ4n) is 4.57. The van der Waals surface area contributed by atoms with E-state index in [0.29, 0.717) is 13.0 Å². The van der Waals surface area contributed by atoms with Crippen LogP contribution in [-0.4, -0.2) is 70.4 Å². The van der Waals surface area contributed by atoms with E-state index in [1.165, 1.54) is 17.2 Å². The van der Waals surface area contributed by atoms with E-state index in [0.717, 1.165) is 5.57 Å². The van der Waals surface area contributed by atoms with Gasteiger partial charge in [0.25, 0.3) is 5.91 Å². The van der Waals surface area contributed by atoms with Crippen molar-refractivity contribution < 1.29 is 33.4 Å². The molecule has 0 aromatic carbocycles. The van der Waals surface area contributed by atoms with Gasteiger partial charge in [-0.2, -0.15) is 0 Å². The number of carbonyl (C=O) groups excluding carboxylic acids is 4. The molecule has 1 aromatic heterocycles. The SMILES string of the molecule is CC1=C\[C@H](O)CC(=O)Cc2nc(co2)C(=O)N2CC[C@@H](C2)C(=O)O[C@H](C(C)C)[C@@H](C)/C=C/C(=O)NC\C=C\1. The molecule has 0 spiro atoms. The third-order valence-electron chi connectivity index (χ3n) is 6.57. The number of Topliss-reactive ketones (excluding diaryl/α,β-unsaturated/α-hetero) is 1. The number of rotatable bonds is 1. The molecule has 4 atom stereocenters. The van der Waals surface area contributed by atoms with Crippen LogP contribution in [0, 0.1) is 17.8 Å². The highest BCUT2D eigenvalue weighted by Crippen LogP contribution is 2.24. The lowest BCUT2D eigenvalue weighted by molar-refractivity contribution is -0.157. The number of aliphatic hydroxyl groups excluding tert-OH is 1. The van der Waals surface area contributed by atoms with Crippen LogP contribution in [0.25, 0.3) is 0 Å². The highest BCUT2D eigenvalue weighted by Gasteiger charge is 2.36. The standard InChI is InChI=1S/C28H37N3O7/c1-17(2)26-19(4)7-8-24(34)29-10-5-6-18(3)12-21(32)13-22(33)14-25-30-23(16-37-25)27(35)31-11-9-20(15-31)28(36)38-26/h5-8,12,16-17,19-21,26,32H,9-11,13-15H2,1-4H3,(H,29,34)/b6-5+,8-7+,18-12+/t19-,20-,21-,26+/m0/s1. The Labute approximate surface area is 222 Å². The second kappa shape index (κ2) is 13.3. The monoisotopic (exact) mass is 527 g/mol. The van der Waals surface area contributed by atoms with E-state index >= 15 is 0 Å². The zero-order valence-corrected chi connectivity index (χ0v) is 22.4. The van der Waals surface area contributed by atoms with Crippen molar-refractivity contribution in [3.8, 4) is 0 Å². The van der Waals surface area contributed by atoms with Gasteiger partial charge in [0.2, 0.25) is 11.8 Å². The Hall–Kier alpha value is -3.53. The van der Waals surface area contributed by atoms with Crippen molar-refractivity contribution >= 4 is 23.6 Å². The fourth-order valence-corrected chi connectivity index (χ4v) is 4.57. The van der Waals surface area contributed by atoms with Crippen molar-refractivity contribution in [2.75, 3.05) is 19.6 Å². The van der Waals surface area contributed by atoms with Gasteiger partial charge >= 0.3 is 5.97 Å². The van der Waals surface area contributed by atoms with Crippen LogP contribution in [0.1, 0.15) is 56.9 Å². The molecule has 1 saturated heterocycles. The Kier molecular flexibility index (Phi) is 10.2. The Morgan fingerprint density at radius 3 is 2.68 bits per heavy atom. The number of aromatic nitrogens is 1. The highest BCUT2D eigenvalue weighted by atomic mass is 16.5. The number of esters is 1. The number of ketones is 1. The molecule has 2 aliphatic heterocycles. The molecule has 2 amide bonds. The summed E-state index contributed by atoms with van der Waals surface area (Å²) in [5.74, 6) is -1.90. The van der Waals surface area contributed by atoms with Gasteiger partial charge in [0.15, 0.2) is 5.69 Å². The Bertz CT molecular complexity index is 1120. The van der Waals surface area contributed by atoms with E-state index in [1.54, 1.807) is 31.2 Å². The first-order valence-electron chi connectivity index (χ1n) is 13.0. The zero-order valence-electron chi connectivity index (χ0n) is 22.4. The molecule has 10 nitrogen and oxygen atoms in total. The summed E-state index contributed by atoms with van der Waals surface area (Å²) in [4.78, 5) is 56.2. The van der Waals surface area contributed by atoms with Gasteiger partial charge in [0, 0.05) is 32.0 Å². The summed E-state index contributed by atoms with van der Waals surface area (Å²) in [5.41, 5.74) is 0.794. The number of allylic oxidation sites excluding steroid dienone is 2. The molecule has 4 bridgehead atoms. The second-order valence-corrected chi connectivity index (χ2v) is 10.3. The Balaban J connectivity index is 1.79. The number of cyclic esters (lactones) is 1. The molecule has 2 N–H and O–H groups in total. The summed E-state index contributed by atoms with van der Waals surface area (Å²) in [7, 11) is 0. The van der Waals surface area contributed by atoms with Gasteiger partial charge in [-0.05, 0) is 25.3 Å². The van der Waals surface area contributed by atoms with Gasteiger partial charge in [-0.15, -0.1) is 0 Å². The number of nitrogens with zero attached hydrogens (tertiary/aromatic N) is 2. The second-order valence-electron chi connectivity index (χ2n) is 10.3. The number of hydrogen-bond acceptors (Lipinski definition) is 8. The highest BCUT2D eigenvalue weighted by molar-refractivity contribution is 5.93. The molecule has 206 valence electrons. The molecule has 10 heteroatoms. The predicted octanol–water partition coefficient (Wildman–Crippen LogP) is 2.39. The number of nitrogens with one attached hydrogen (secondary N) is 1. The maximum atomic E-state index is 13.0. The lowest BCUT2D eigenvalue weighted by atomic mass is 9.94. The van der Waals surface area contributed by atoms with E-state index in [9.17, 15) is 24.3 Å². The normalized spacial score (nSPS) is 29.7. The smallest absolute Gasteiger partial charge is 0.311 e. The molecule has 1 fully saturated rings. The third-order valence-corrected chi connectivity index (χ3v) is 6.57. The summed E-state index contributed by atoms with van der Waals surface area (Å²) >= 11 is 0. The molecule has 2 aliphatic rings. The molecule has 0 saturated carbocycles. The summed E-state index contributed by atoms with van der Waals surface area (Å²) in [5, 5.41) is 13.0. The average Bonchev–Trinajstić information content (AvgIpc) is 3.52. The van der Waals surface area contributed by atoms with E-state index < -0.39 is 18.1 Å². The van der Waals surface area contributed by atoms with Crippen LogP contribution in [-0.2, 0) is 25.5 Å². The number of aliphatic hydroxyl groups is 1. The quantitative estimate of drug-likeness (QED) is 0.531. The maximum Gasteiger partial charge on any atom is 0.311 e. The van der Waals surface area contributed by atoms with Crippen molar-refractivity contribution in [2.24, 2.45) is 17.8 Å². The minimum absolute atomic E-state index is 0.0173. The molecule has 38 heavy (non-hydrogen) atoms. The number of fused-ring (bicyclic) bond motifs is 4. The Morgan fingerprint density at radius 1 is 1.18 bits per heavy atom. The molecular weight excluding hydrogens is 490 g/mol. The maximum absolute atomic E-state index is 13.0. The van der Waals surface area contributed by atoms with Crippen LogP contribution in [0.4, 0.5) is 0 Å². The first-order valence-corrected chi connectivity index (χ1v) is 13.0. The van der Waals surface area contributed by atoms with E-state index in [2.05, 4.69) is 10.3 Å². The molecule has 3 heterocycles. The number of carbonyl (C=O) groups is 4. The van der Waals surface area contributed by atoms with Crippen LogP contribution in [0.2, 0.25) is 0 Å². The Morgan fingerprint density at radius 2 is 1.95 bits per heavy atom. The van der Waals surface area contributed by atoms with Crippen molar-refractivity contribution in [3.63, 3.8) is 0 Å². The van der Waals surface area contributed by atoms with Crippen molar-refractivity contribution in [1.82, 2.24) is 15.2 Å². The molecule has 1 aromatic rings. The van der Waals surface area contributed by atoms with E-state index in [1.807, 2.05) is 20.8 Å². The molecule has 0 aliphatic carbocycles. The van der Waals surface area contributed by atoms with Crippen LogP contribution < -0.4 is 5.32 Å². The summed E-state index contributed by atoms with van der Waals surface area (Å²) in [6, 6.07) is 0. The van der Waals surface area contributed by atoms with Crippen LogP contribution in [0.5, 0.6) is 0 Å². The van der Waals surface area contributed by atoms with E-state index in [-0.39, 0.29) is 72.9 Å². The predicted molar refractivity (Wildman–Crippen MR) is 139 cm³/mol. The van der Waals surface area contributed by atoms with Gasteiger partial charge in [0.1, 0.15) is 18.2 Å². The number of hydrogen-bond donors (Lipinski definition) is 2. The topological polar surface area (TPSA) is 139 Å². The molecular formula is C28H37N3O7. The van der Waals surface area contributed by atoms with Gasteiger partial charge in [-0.25, -0.2) is 4.98 Å². The van der Waals surface area contributed by atoms with Crippen LogP contribution in [0.3, 0.4) is 0 Å². The lowest BCUT2D eigenvalue weighted by Crippen LogP contribution is -2.34. The molecule has 0 unspecified atom stereocenters. The van der Waals surface area contributed by atoms with Gasteiger partial charge in [0.05, 0.1) is 18.4 Å². The van der Waals surface area contributed by atoms with Crippen molar-refractivity contribution in [1.29, 1.82) is 0 Å². The molecule has 0 radical (unpaired) electrons. The van der Waals surface area contributed by atoms with Gasteiger partial charge in [-0.1, -0.05) is 50.6 Å². The van der Waals surface area contributed by atoms with Crippen molar-refractivity contribution in [3.05, 3.63) is 53.8 Å². The number of oxazole rings is 1. The van der Waals surface area contributed by atoms with Gasteiger partial charge < -0.3 is 24.5 Å². The van der Waals surface area contributed by atoms with Crippen molar-refractivity contribution in [2.45, 2.75) is 59.2 Å². The number of amides is 2.